The van der Waals surface area contributed by atoms with Crippen molar-refractivity contribution in [2.45, 2.75) is 18.4 Å². The van der Waals surface area contributed by atoms with Gasteiger partial charge in [-0.3, -0.25) is 4.90 Å². The lowest BCUT2D eigenvalue weighted by Gasteiger charge is -2.36. The van der Waals surface area contributed by atoms with E-state index in [1.807, 2.05) is 30.3 Å². The molecule has 22 heavy (non-hydrogen) atoms. The van der Waals surface area contributed by atoms with Crippen LogP contribution in [-0.2, 0) is 16.8 Å². The summed E-state index contributed by atoms with van der Waals surface area (Å²) < 4.78 is 14.2. The Morgan fingerprint density at radius 3 is 2.23 bits per heavy atom. The van der Waals surface area contributed by atoms with Crippen molar-refractivity contribution in [3.05, 3.63) is 71.5 Å². The second-order valence-corrected chi connectivity index (χ2v) is 5.53. The van der Waals surface area contributed by atoms with Crippen LogP contribution in [0.1, 0.15) is 17.5 Å². The maximum atomic E-state index is 14.2. The summed E-state index contributed by atoms with van der Waals surface area (Å²) in [5.74, 6) is -1.54. The lowest BCUT2D eigenvalue weighted by Crippen LogP contribution is -2.49. The third kappa shape index (κ3) is 3.02. The van der Waals surface area contributed by atoms with E-state index < -0.39 is 17.3 Å². The molecule has 0 aliphatic rings. The molecule has 1 atom stereocenters. The van der Waals surface area contributed by atoms with Gasteiger partial charge < -0.3 is 5.11 Å². The molecule has 0 aliphatic carbocycles. The molecule has 0 bridgehead atoms. The SMILES string of the molecule is CN(C)[C@@](CCc1ccccc1)(C(=O)O)c1ccccc1F. The number of carbonyl (C=O) groups is 1. The number of benzene rings is 2. The van der Waals surface area contributed by atoms with Gasteiger partial charge in [0.05, 0.1) is 0 Å². The van der Waals surface area contributed by atoms with Crippen LogP contribution in [-0.4, -0.2) is 30.1 Å². The Hall–Kier alpha value is -2.20. The lowest BCUT2D eigenvalue weighted by atomic mass is 9.82. The van der Waals surface area contributed by atoms with Crippen molar-refractivity contribution < 1.29 is 14.3 Å². The van der Waals surface area contributed by atoms with Gasteiger partial charge in [0, 0.05) is 5.56 Å². The number of carboxylic acids is 1. The van der Waals surface area contributed by atoms with E-state index in [-0.39, 0.29) is 5.56 Å². The molecule has 0 saturated carbocycles. The zero-order valence-electron chi connectivity index (χ0n) is 12.8. The van der Waals surface area contributed by atoms with Crippen LogP contribution < -0.4 is 0 Å². The van der Waals surface area contributed by atoms with Crippen molar-refractivity contribution in [1.29, 1.82) is 0 Å². The molecule has 0 spiro atoms. The van der Waals surface area contributed by atoms with E-state index in [1.54, 1.807) is 37.2 Å². The number of rotatable bonds is 6. The fraction of sp³-hybridized carbons (Fsp3) is 0.278. The van der Waals surface area contributed by atoms with E-state index in [4.69, 9.17) is 0 Å². The van der Waals surface area contributed by atoms with E-state index in [0.29, 0.717) is 12.8 Å². The Morgan fingerprint density at radius 1 is 1.09 bits per heavy atom. The molecular weight excluding hydrogens is 281 g/mol. The first-order valence-corrected chi connectivity index (χ1v) is 7.18. The number of halogens is 1. The molecule has 0 aliphatic heterocycles. The third-order valence-electron chi connectivity index (χ3n) is 4.05. The van der Waals surface area contributed by atoms with E-state index in [1.165, 1.54) is 6.07 Å². The van der Waals surface area contributed by atoms with Crippen LogP contribution in [0, 0.1) is 5.82 Å². The summed E-state index contributed by atoms with van der Waals surface area (Å²) in [6.07, 6.45) is 0.847. The maximum absolute atomic E-state index is 14.2. The highest BCUT2D eigenvalue weighted by molar-refractivity contribution is 5.81. The first kappa shape index (κ1) is 16.2. The molecule has 0 fully saturated rings. The molecular formula is C18H20FNO2. The van der Waals surface area contributed by atoms with Crippen molar-refractivity contribution in [1.82, 2.24) is 4.90 Å². The van der Waals surface area contributed by atoms with E-state index in [9.17, 15) is 14.3 Å². The molecule has 4 heteroatoms. The van der Waals surface area contributed by atoms with Crippen LogP contribution in [0.5, 0.6) is 0 Å². The number of likely N-dealkylation sites (N-methyl/N-ethyl adjacent to an activating group) is 1. The van der Waals surface area contributed by atoms with Crippen molar-refractivity contribution in [3.63, 3.8) is 0 Å². The fourth-order valence-corrected chi connectivity index (χ4v) is 2.78. The first-order valence-electron chi connectivity index (χ1n) is 7.18. The molecule has 2 aromatic carbocycles. The van der Waals surface area contributed by atoms with Gasteiger partial charge in [-0.1, -0.05) is 48.5 Å². The number of nitrogens with zero attached hydrogens (tertiary/aromatic N) is 1. The second-order valence-electron chi connectivity index (χ2n) is 5.53. The predicted molar refractivity (Wildman–Crippen MR) is 84.2 cm³/mol. The molecule has 3 nitrogen and oxygen atoms in total. The lowest BCUT2D eigenvalue weighted by molar-refractivity contribution is -0.151. The number of hydrogen-bond donors (Lipinski definition) is 1. The highest BCUT2D eigenvalue weighted by Gasteiger charge is 2.44. The second kappa shape index (κ2) is 6.71. The number of hydrogen-bond acceptors (Lipinski definition) is 2. The largest absolute Gasteiger partial charge is 0.480 e. The maximum Gasteiger partial charge on any atom is 0.328 e. The standard InChI is InChI=1S/C18H20FNO2/c1-20(2)18(17(21)22,15-10-6-7-11-16(15)19)13-12-14-8-4-3-5-9-14/h3-11H,12-13H2,1-2H3,(H,21,22)/t18-/m1/s1. The van der Waals surface area contributed by atoms with E-state index in [0.717, 1.165) is 5.56 Å². The minimum atomic E-state index is -1.39. The highest BCUT2D eigenvalue weighted by atomic mass is 19.1. The zero-order chi connectivity index (χ0) is 16.2. The van der Waals surface area contributed by atoms with Crippen LogP contribution in [0.15, 0.2) is 54.6 Å². The average molecular weight is 301 g/mol. The minimum absolute atomic E-state index is 0.198. The van der Waals surface area contributed by atoms with Crippen LogP contribution >= 0.6 is 0 Å². The quantitative estimate of drug-likeness (QED) is 0.890. The van der Waals surface area contributed by atoms with Crippen LogP contribution in [0.25, 0.3) is 0 Å². The topological polar surface area (TPSA) is 40.5 Å². The summed E-state index contributed by atoms with van der Waals surface area (Å²) in [5.41, 5.74) is -0.156. The van der Waals surface area contributed by atoms with Gasteiger partial charge in [0.15, 0.2) is 0 Å². The summed E-state index contributed by atoms with van der Waals surface area (Å²) in [4.78, 5) is 13.6. The summed E-state index contributed by atoms with van der Waals surface area (Å²) in [7, 11) is 3.34. The minimum Gasteiger partial charge on any atom is -0.480 e. The molecule has 116 valence electrons. The zero-order valence-corrected chi connectivity index (χ0v) is 12.8. The normalized spacial score (nSPS) is 13.8. The number of carboxylic acid groups (broad SMARTS) is 1. The Kier molecular flexibility index (Phi) is 4.93. The Bertz CT molecular complexity index is 643. The van der Waals surface area contributed by atoms with E-state index in [2.05, 4.69) is 0 Å². The molecule has 1 N–H and O–H groups in total. The van der Waals surface area contributed by atoms with Gasteiger partial charge in [0.2, 0.25) is 0 Å². The highest BCUT2D eigenvalue weighted by Crippen LogP contribution is 2.34. The van der Waals surface area contributed by atoms with Gasteiger partial charge in [-0.05, 0) is 38.6 Å². The molecule has 2 aromatic rings. The Morgan fingerprint density at radius 2 is 1.68 bits per heavy atom. The first-order chi connectivity index (χ1) is 10.5. The summed E-state index contributed by atoms with van der Waals surface area (Å²) >= 11 is 0. The average Bonchev–Trinajstić information content (AvgIpc) is 2.50. The molecule has 0 saturated heterocycles. The summed E-state index contributed by atoms with van der Waals surface area (Å²) in [6.45, 7) is 0. The van der Waals surface area contributed by atoms with Crippen molar-refractivity contribution in [2.24, 2.45) is 0 Å². The molecule has 0 radical (unpaired) electrons. The van der Waals surface area contributed by atoms with Gasteiger partial charge in [-0.25, -0.2) is 9.18 Å². The number of aryl methyl sites for hydroxylation is 1. The molecule has 0 amide bonds. The van der Waals surface area contributed by atoms with Crippen LogP contribution in [0.2, 0.25) is 0 Å². The van der Waals surface area contributed by atoms with Gasteiger partial charge in [-0.15, -0.1) is 0 Å². The van der Waals surface area contributed by atoms with Crippen molar-refractivity contribution >= 4 is 5.97 Å². The monoisotopic (exact) mass is 301 g/mol. The predicted octanol–water partition coefficient (Wildman–Crippen LogP) is 3.30. The van der Waals surface area contributed by atoms with Crippen LogP contribution in [0.3, 0.4) is 0 Å². The Labute approximate surface area is 130 Å². The number of aliphatic carboxylic acids is 1. The van der Waals surface area contributed by atoms with Crippen molar-refractivity contribution in [3.8, 4) is 0 Å². The van der Waals surface area contributed by atoms with Crippen LogP contribution in [0.4, 0.5) is 4.39 Å². The molecule has 0 aromatic heterocycles. The molecule has 2 rings (SSSR count). The van der Waals surface area contributed by atoms with Gasteiger partial charge >= 0.3 is 5.97 Å². The van der Waals surface area contributed by atoms with Gasteiger partial charge in [0.25, 0.3) is 0 Å². The third-order valence-corrected chi connectivity index (χ3v) is 4.05. The molecule has 0 heterocycles. The smallest absolute Gasteiger partial charge is 0.328 e. The van der Waals surface area contributed by atoms with Crippen molar-refractivity contribution in [2.75, 3.05) is 14.1 Å². The summed E-state index contributed by atoms with van der Waals surface area (Å²) in [6, 6.07) is 15.7. The fourth-order valence-electron chi connectivity index (χ4n) is 2.78. The van der Waals surface area contributed by atoms with Gasteiger partial charge in [-0.2, -0.15) is 0 Å². The van der Waals surface area contributed by atoms with Gasteiger partial charge in [0.1, 0.15) is 11.4 Å². The Balaban J connectivity index is 2.42. The van der Waals surface area contributed by atoms with E-state index >= 15 is 0 Å². The molecule has 0 unspecified atom stereocenters. The summed E-state index contributed by atoms with van der Waals surface area (Å²) in [5, 5.41) is 9.84.